The Morgan fingerprint density at radius 3 is 2.81 bits per heavy atom. The van der Waals surface area contributed by atoms with Crippen LogP contribution in [0.15, 0.2) is 24.3 Å². The fourth-order valence-corrected chi connectivity index (χ4v) is 2.77. The first kappa shape index (κ1) is 13.9. The first-order valence-electron chi connectivity index (χ1n) is 7.27. The summed E-state index contributed by atoms with van der Waals surface area (Å²) in [4.78, 5) is 16.4. The topological polar surface area (TPSA) is 71.4 Å². The molecule has 2 heterocycles. The Morgan fingerprint density at radius 1 is 1.33 bits per heavy atom. The number of piperazine rings is 1. The van der Waals surface area contributed by atoms with Crippen LogP contribution in [0.1, 0.15) is 5.56 Å². The van der Waals surface area contributed by atoms with E-state index in [9.17, 15) is 4.79 Å². The predicted octanol–water partition coefficient (Wildman–Crippen LogP) is 0.680. The van der Waals surface area contributed by atoms with Gasteiger partial charge in [-0.05, 0) is 18.2 Å². The maximum Gasteiger partial charge on any atom is 0.321 e. The van der Waals surface area contributed by atoms with Gasteiger partial charge in [-0.1, -0.05) is 6.07 Å². The number of nitriles is 1. The van der Waals surface area contributed by atoms with Gasteiger partial charge in [-0.15, -0.1) is 0 Å². The van der Waals surface area contributed by atoms with Crippen LogP contribution in [-0.2, 0) is 0 Å². The van der Waals surface area contributed by atoms with Gasteiger partial charge in [0.1, 0.15) is 0 Å². The van der Waals surface area contributed by atoms with Crippen LogP contribution in [0.2, 0.25) is 0 Å². The summed E-state index contributed by atoms with van der Waals surface area (Å²) in [5, 5.41) is 15.0. The number of nitrogens with zero attached hydrogens (tertiary/aromatic N) is 3. The van der Waals surface area contributed by atoms with E-state index >= 15 is 0 Å². The van der Waals surface area contributed by atoms with Gasteiger partial charge in [0.25, 0.3) is 0 Å². The van der Waals surface area contributed by atoms with E-state index in [2.05, 4.69) is 21.6 Å². The summed E-state index contributed by atoms with van der Waals surface area (Å²) in [6.07, 6.45) is 0. The first-order chi connectivity index (χ1) is 10.3. The normalized spacial score (nSPS) is 19.7. The summed E-state index contributed by atoms with van der Waals surface area (Å²) >= 11 is 0. The van der Waals surface area contributed by atoms with E-state index in [1.54, 1.807) is 24.3 Å². The number of hydrogen-bond acceptors (Lipinski definition) is 4. The van der Waals surface area contributed by atoms with Crippen LogP contribution < -0.4 is 10.6 Å². The highest BCUT2D eigenvalue weighted by atomic mass is 16.2. The molecule has 2 aliphatic heterocycles. The molecule has 0 aliphatic carbocycles. The van der Waals surface area contributed by atoms with E-state index in [4.69, 9.17) is 5.26 Å². The Hall–Kier alpha value is -2.10. The molecule has 2 amide bonds. The van der Waals surface area contributed by atoms with E-state index in [0.29, 0.717) is 17.3 Å². The molecular weight excluding hydrogens is 266 g/mol. The lowest BCUT2D eigenvalue weighted by atomic mass is 10.1. The lowest BCUT2D eigenvalue weighted by Crippen LogP contribution is -2.64. The van der Waals surface area contributed by atoms with Crippen molar-refractivity contribution >= 4 is 11.7 Å². The number of nitrogens with one attached hydrogen (secondary N) is 2. The molecule has 0 atom stereocenters. The van der Waals surface area contributed by atoms with Crippen LogP contribution in [0, 0.1) is 11.3 Å². The van der Waals surface area contributed by atoms with Gasteiger partial charge in [0.05, 0.1) is 11.6 Å². The van der Waals surface area contributed by atoms with Crippen LogP contribution in [0.4, 0.5) is 10.5 Å². The van der Waals surface area contributed by atoms with Crippen LogP contribution in [0.25, 0.3) is 0 Å². The molecule has 0 radical (unpaired) electrons. The summed E-state index contributed by atoms with van der Waals surface area (Å²) in [6, 6.07) is 9.45. The highest BCUT2D eigenvalue weighted by Crippen LogP contribution is 2.18. The van der Waals surface area contributed by atoms with Crippen molar-refractivity contribution in [2.75, 3.05) is 44.6 Å². The predicted molar refractivity (Wildman–Crippen MR) is 80.0 cm³/mol. The van der Waals surface area contributed by atoms with E-state index < -0.39 is 0 Å². The molecule has 2 fully saturated rings. The lowest BCUT2D eigenvalue weighted by Gasteiger charge is -2.46. The van der Waals surface area contributed by atoms with Gasteiger partial charge in [0.2, 0.25) is 0 Å². The van der Waals surface area contributed by atoms with Gasteiger partial charge in [-0.2, -0.15) is 5.26 Å². The smallest absolute Gasteiger partial charge is 0.321 e. The van der Waals surface area contributed by atoms with Crippen molar-refractivity contribution in [2.24, 2.45) is 0 Å². The molecule has 0 spiro atoms. The third kappa shape index (κ3) is 3.15. The summed E-state index contributed by atoms with van der Waals surface area (Å²) in [6.45, 7) is 5.75. The summed E-state index contributed by atoms with van der Waals surface area (Å²) in [7, 11) is 0. The molecule has 21 heavy (non-hydrogen) atoms. The molecule has 1 aromatic rings. The highest BCUT2D eigenvalue weighted by Gasteiger charge is 2.35. The van der Waals surface area contributed by atoms with Crippen LogP contribution in [-0.4, -0.2) is 61.1 Å². The van der Waals surface area contributed by atoms with E-state index in [0.717, 1.165) is 39.3 Å². The number of carbonyl (C=O) groups is 1. The van der Waals surface area contributed by atoms with E-state index in [1.807, 2.05) is 4.90 Å². The second kappa shape index (κ2) is 6.12. The maximum absolute atomic E-state index is 12.1. The minimum atomic E-state index is -0.0866. The second-order valence-electron chi connectivity index (χ2n) is 5.47. The minimum absolute atomic E-state index is 0.0866. The van der Waals surface area contributed by atoms with Crippen molar-refractivity contribution in [1.29, 1.82) is 5.26 Å². The van der Waals surface area contributed by atoms with Gasteiger partial charge >= 0.3 is 6.03 Å². The number of urea groups is 1. The Balaban J connectivity index is 1.50. The number of likely N-dealkylation sites (tertiary alicyclic amines) is 1. The van der Waals surface area contributed by atoms with E-state index in [1.165, 1.54) is 0 Å². The van der Waals surface area contributed by atoms with Gasteiger partial charge in [0.15, 0.2) is 0 Å². The molecule has 0 saturated carbocycles. The molecule has 1 aromatic carbocycles. The average molecular weight is 285 g/mol. The van der Waals surface area contributed by atoms with Crippen molar-refractivity contribution in [2.45, 2.75) is 6.04 Å². The fourth-order valence-electron chi connectivity index (χ4n) is 2.77. The van der Waals surface area contributed by atoms with Crippen molar-refractivity contribution in [3.63, 3.8) is 0 Å². The molecule has 0 unspecified atom stereocenters. The molecule has 2 N–H and O–H groups in total. The number of carbonyl (C=O) groups excluding carboxylic acids is 1. The number of amides is 2. The molecule has 0 aromatic heterocycles. The molecule has 0 bridgehead atoms. The quantitative estimate of drug-likeness (QED) is 0.838. The van der Waals surface area contributed by atoms with Crippen molar-refractivity contribution < 1.29 is 4.79 Å². The number of rotatable bonds is 2. The average Bonchev–Trinajstić information content (AvgIpc) is 2.47. The monoisotopic (exact) mass is 285 g/mol. The maximum atomic E-state index is 12.1. The van der Waals surface area contributed by atoms with Crippen LogP contribution in [0.5, 0.6) is 0 Å². The number of anilines is 1. The third-order valence-corrected chi connectivity index (χ3v) is 4.06. The summed E-state index contributed by atoms with van der Waals surface area (Å²) in [5.41, 5.74) is 1.22. The van der Waals surface area contributed by atoms with Gasteiger partial charge in [-0.3, -0.25) is 4.90 Å². The Kier molecular flexibility index (Phi) is 4.04. The zero-order valence-corrected chi connectivity index (χ0v) is 11.9. The fraction of sp³-hybridized carbons (Fsp3) is 0.467. The Morgan fingerprint density at radius 2 is 2.10 bits per heavy atom. The second-order valence-corrected chi connectivity index (χ2v) is 5.47. The van der Waals surface area contributed by atoms with E-state index in [-0.39, 0.29) is 6.03 Å². The van der Waals surface area contributed by atoms with Gasteiger partial charge in [0, 0.05) is 51.0 Å². The van der Waals surface area contributed by atoms with Crippen molar-refractivity contribution in [3.8, 4) is 6.07 Å². The Labute approximate surface area is 124 Å². The third-order valence-electron chi connectivity index (χ3n) is 4.06. The highest BCUT2D eigenvalue weighted by molar-refractivity contribution is 5.90. The van der Waals surface area contributed by atoms with Crippen molar-refractivity contribution in [3.05, 3.63) is 29.8 Å². The number of hydrogen-bond donors (Lipinski definition) is 2. The molecule has 2 saturated heterocycles. The Bertz CT molecular complexity index is 555. The number of benzene rings is 1. The van der Waals surface area contributed by atoms with Crippen LogP contribution >= 0.6 is 0 Å². The molecule has 3 rings (SSSR count). The standard InChI is InChI=1S/C15H19N5O/c16-9-12-2-1-3-13(8-12)18-15(21)20-10-14(11-20)19-6-4-17-5-7-19/h1-3,8,14,17H,4-7,10-11H2,(H,18,21). The molecule has 6 nitrogen and oxygen atoms in total. The summed E-state index contributed by atoms with van der Waals surface area (Å²) in [5.74, 6) is 0. The zero-order chi connectivity index (χ0) is 14.7. The largest absolute Gasteiger partial charge is 0.321 e. The van der Waals surface area contributed by atoms with Crippen LogP contribution in [0.3, 0.4) is 0 Å². The minimum Gasteiger partial charge on any atom is -0.321 e. The lowest BCUT2D eigenvalue weighted by molar-refractivity contribution is 0.0537. The first-order valence-corrected chi connectivity index (χ1v) is 7.27. The van der Waals surface area contributed by atoms with Gasteiger partial charge in [-0.25, -0.2) is 4.79 Å². The summed E-state index contributed by atoms with van der Waals surface area (Å²) < 4.78 is 0. The molecule has 6 heteroatoms. The van der Waals surface area contributed by atoms with Crippen molar-refractivity contribution in [1.82, 2.24) is 15.1 Å². The molecular formula is C15H19N5O. The molecule has 2 aliphatic rings. The van der Waals surface area contributed by atoms with Gasteiger partial charge < -0.3 is 15.5 Å². The molecule has 110 valence electrons. The SMILES string of the molecule is N#Cc1cccc(NC(=O)N2CC(N3CCNCC3)C2)c1. The zero-order valence-electron chi connectivity index (χ0n) is 11.9.